The van der Waals surface area contributed by atoms with E-state index in [1.165, 1.54) is 0 Å². The van der Waals surface area contributed by atoms with Crippen LogP contribution in [-0.4, -0.2) is 29.7 Å². The number of aliphatic carboxylic acids is 1. The molecule has 1 N–H and O–H groups in total. The maximum Gasteiger partial charge on any atom is 0.332 e. The fourth-order valence-electron chi connectivity index (χ4n) is 1.64. The van der Waals surface area contributed by atoms with Crippen LogP contribution >= 0.6 is 45.2 Å². The Bertz CT molecular complexity index is 544. The number of halogens is 2. The Balaban J connectivity index is 2.79. The van der Waals surface area contributed by atoms with E-state index in [-0.39, 0.29) is 13.0 Å². The highest BCUT2D eigenvalue weighted by atomic mass is 127. The van der Waals surface area contributed by atoms with Gasteiger partial charge in [-0.3, -0.25) is 4.79 Å². The van der Waals surface area contributed by atoms with Crippen LogP contribution in [0.1, 0.15) is 26.2 Å². The van der Waals surface area contributed by atoms with Crippen LogP contribution in [0.3, 0.4) is 0 Å². The number of carbonyl (C=O) groups excluding carboxylic acids is 1. The van der Waals surface area contributed by atoms with Gasteiger partial charge < -0.3 is 9.84 Å². The molecule has 0 aromatic heterocycles. The molecule has 120 valence electrons. The van der Waals surface area contributed by atoms with E-state index in [0.29, 0.717) is 18.5 Å². The van der Waals surface area contributed by atoms with E-state index >= 15 is 0 Å². The summed E-state index contributed by atoms with van der Waals surface area (Å²) in [5, 5.41) is 16.8. The van der Waals surface area contributed by atoms with Gasteiger partial charge in [0.2, 0.25) is 0 Å². The van der Waals surface area contributed by atoms with Gasteiger partial charge in [0.25, 0.3) is 0 Å². The molecule has 0 aliphatic carbocycles. The lowest BCUT2D eigenvalue weighted by atomic mass is 10.1. The second kappa shape index (κ2) is 10.1. The van der Waals surface area contributed by atoms with Crippen molar-refractivity contribution in [1.29, 1.82) is 0 Å². The zero-order valence-electron chi connectivity index (χ0n) is 12.0. The summed E-state index contributed by atoms with van der Waals surface area (Å²) in [5.74, 6) is -1.37. The zero-order valence-corrected chi connectivity index (χ0v) is 16.3. The van der Waals surface area contributed by atoms with Crippen LogP contribution in [0.4, 0.5) is 5.69 Å². The molecular weight excluding hydrogens is 514 g/mol. The molecular formula is C14H16I2N2O4. The van der Waals surface area contributed by atoms with Crippen LogP contribution in [0.5, 0.6) is 0 Å². The Morgan fingerprint density at radius 2 is 1.91 bits per heavy atom. The first kappa shape index (κ1) is 19.3. The number of hydrogen-bond donors (Lipinski definition) is 1. The third kappa shape index (κ3) is 7.47. The van der Waals surface area contributed by atoms with Crippen molar-refractivity contribution in [2.24, 2.45) is 10.2 Å². The highest BCUT2D eigenvalue weighted by molar-refractivity contribution is 14.1. The highest BCUT2D eigenvalue weighted by Gasteiger charge is 2.19. The van der Waals surface area contributed by atoms with E-state index in [9.17, 15) is 9.59 Å². The van der Waals surface area contributed by atoms with Gasteiger partial charge in [0.15, 0.2) is 6.04 Å². The lowest BCUT2D eigenvalue weighted by Crippen LogP contribution is -2.21. The summed E-state index contributed by atoms with van der Waals surface area (Å²) in [6.45, 7) is 1.97. The van der Waals surface area contributed by atoms with Gasteiger partial charge in [0, 0.05) is 13.6 Å². The van der Waals surface area contributed by atoms with Gasteiger partial charge >= 0.3 is 11.9 Å². The van der Waals surface area contributed by atoms with Gasteiger partial charge in [-0.1, -0.05) is 0 Å². The minimum Gasteiger partial charge on any atom is -0.481 e. The molecule has 0 heterocycles. The number of benzene rings is 1. The Morgan fingerprint density at radius 1 is 1.27 bits per heavy atom. The summed E-state index contributed by atoms with van der Waals surface area (Å²) in [6.07, 6.45) is 0.643. The number of ether oxygens (including phenoxy) is 1. The molecule has 0 spiro atoms. The number of nitrogens with zero attached hydrogens (tertiary/aromatic N) is 2. The maximum absolute atomic E-state index is 11.8. The van der Waals surface area contributed by atoms with Crippen molar-refractivity contribution in [2.45, 2.75) is 32.2 Å². The van der Waals surface area contributed by atoms with E-state index in [4.69, 9.17) is 9.84 Å². The van der Waals surface area contributed by atoms with Crippen LogP contribution < -0.4 is 0 Å². The average molecular weight is 530 g/mol. The molecule has 8 heteroatoms. The third-order valence-electron chi connectivity index (χ3n) is 2.59. The molecule has 6 nitrogen and oxygen atoms in total. The predicted octanol–water partition coefficient (Wildman–Crippen LogP) is 4.17. The fraction of sp³-hybridized carbons (Fsp3) is 0.429. The highest BCUT2D eigenvalue weighted by Crippen LogP contribution is 2.22. The molecule has 1 aromatic rings. The van der Waals surface area contributed by atoms with E-state index in [2.05, 4.69) is 55.4 Å². The smallest absolute Gasteiger partial charge is 0.332 e. The fourth-order valence-corrected chi connectivity index (χ4v) is 3.55. The van der Waals surface area contributed by atoms with E-state index in [0.717, 1.165) is 7.14 Å². The molecule has 0 bridgehead atoms. The molecule has 1 atom stereocenters. The van der Waals surface area contributed by atoms with E-state index in [1.54, 1.807) is 6.92 Å². The van der Waals surface area contributed by atoms with Crippen LogP contribution in [0, 0.1) is 7.14 Å². The largest absolute Gasteiger partial charge is 0.481 e. The molecule has 1 unspecified atom stereocenters. The van der Waals surface area contributed by atoms with Gasteiger partial charge in [-0.2, -0.15) is 10.2 Å². The molecule has 0 saturated carbocycles. The normalized spacial score (nSPS) is 12.3. The van der Waals surface area contributed by atoms with Crippen LogP contribution in [0.15, 0.2) is 28.4 Å². The average Bonchev–Trinajstić information content (AvgIpc) is 2.41. The first-order chi connectivity index (χ1) is 10.4. The molecule has 0 fully saturated rings. The maximum atomic E-state index is 11.8. The van der Waals surface area contributed by atoms with Gasteiger partial charge in [0.05, 0.1) is 12.3 Å². The first-order valence-corrected chi connectivity index (χ1v) is 8.83. The summed E-state index contributed by atoms with van der Waals surface area (Å²) in [7, 11) is 0. The van der Waals surface area contributed by atoms with Crippen LogP contribution in [0.25, 0.3) is 0 Å². The number of carbonyl (C=O) groups is 2. The Morgan fingerprint density at radius 3 is 2.45 bits per heavy atom. The topological polar surface area (TPSA) is 88.3 Å². The molecule has 0 aliphatic rings. The van der Waals surface area contributed by atoms with Crippen molar-refractivity contribution in [3.05, 3.63) is 25.3 Å². The van der Waals surface area contributed by atoms with Gasteiger partial charge in [0.1, 0.15) is 0 Å². The molecule has 0 saturated heterocycles. The number of hydrogen-bond acceptors (Lipinski definition) is 5. The first-order valence-electron chi connectivity index (χ1n) is 6.67. The molecule has 0 aliphatic heterocycles. The Hall–Kier alpha value is -0.780. The molecule has 0 radical (unpaired) electrons. The van der Waals surface area contributed by atoms with E-state index < -0.39 is 18.0 Å². The van der Waals surface area contributed by atoms with Crippen molar-refractivity contribution in [1.82, 2.24) is 0 Å². The van der Waals surface area contributed by atoms with Gasteiger partial charge in [-0.25, -0.2) is 4.79 Å². The van der Waals surface area contributed by atoms with Crippen molar-refractivity contribution < 1.29 is 19.4 Å². The Labute approximate surface area is 156 Å². The second-order valence-corrected chi connectivity index (χ2v) is 6.89. The molecule has 1 aromatic carbocycles. The summed E-state index contributed by atoms with van der Waals surface area (Å²) >= 11 is 4.36. The second-order valence-electron chi connectivity index (χ2n) is 4.40. The molecule has 0 amide bonds. The standard InChI is InChI=1S/C14H16I2N2O4/c1-2-22-14(21)12(4-3-5-13(19)20)18-17-11-7-9(15)6-10(16)8-11/h6-8,12H,2-5H2,1H3,(H,19,20). The predicted molar refractivity (Wildman–Crippen MR) is 98.3 cm³/mol. The number of azo groups is 1. The Kier molecular flexibility index (Phi) is 8.83. The number of esters is 1. The van der Waals surface area contributed by atoms with Crippen molar-refractivity contribution in [2.75, 3.05) is 6.61 Å². The van der Waals surface area contributed by atoms with Crippen molar-refractivity contribution in [3.8, 4) is 0 Å². The number of rotatable bonds is 8. The van der Waals surface area contributed by atoms with Crippen molar-refractivity contribution in [3.63, 3.8) is 0 Å². The third-order valence-corrected chi connectivity index (χ3v) is 3.83. The molecule has 22 heavy (non-hydrogen) atoms. The monoisotopic (exact) mass is 530 g/mol. The summed E-state index contributed by atoms with van der Waals surface area (Å²) in [6, 6.07) is 4.93. The summed E-state index contributed by atoms with van der Waals surface area (Å²) < 4.78 is 7.00. The lowest BCUT2D eigenvalue weighted by molar-refractivity contribution is -0.145. The van der Waals surface area contributed by atoms with Crippen LogP contribution in [-0.2, 0) is 14.3 Å². The van der Waals surface area contributed by atoms with E-state index in [1.807, 2.05) is 18.2 Å². The van der Waals surface area contributed by atoms with Gasteiger partial charge in [-0.05, 0) is 83.1 Å². The number of carboxylic acids is 1. The summed E-state index contributed by atoms with van der Waals surface area (Å²) in [5.41, 5.74) is 0.656. The minimum absolute atomic E-state index is 0.00738. The SMILES string of the molecule is CCOC(=O)C(CCCC(=O)O)N=Nc1cc(I)cc(I)c1. The quantitative estimate of drug-likeness (QED) is 0.311. The lowest BCUT2D eigenvalue weighted by Gasteiger charge is -2.09. The zero-order chi connectivity index (χ0) is 16.5. The number of carboxylic acid groups (broad SMARTS) is 1. The van der Waals surface area contributed by atoms with Gasteiger partial charge in [-0.15, -0.1) is 0 Å². The summed E-state index contributed by atoms with van der Waals surface area (Å²) in [4.78, 5) is 22.4. The van der Waals surface area contributed by atoms with Crippen molar-refractivity contribution >= 4 is 62.8 Å². The minimum atomic E-state index is -0.897. The van der Waals surface area contributed by atoms with Crippen LogP contribution in [0.2, 0.25) is 0 Å². The molecule has 1 rings (SSSR count).